The van der Waals surface area contributed by atoms with Gasteiger partial charge in [0.15, 0.2) is 0 Å². The highest BCUT2D eigenvalue weighted by atomic mass is 79.9. The van der Waals surface area contributed by atoms with Gasteiger partial charge in [0.1, 0.15) is 0 Å². The van der Waals surface area contributed by atoms with Crippen LogP contribution in [0.4, 0.5) is 11.4 Å². The summed E-state index contributed by atoms with van der Waals surface area (Å²) in [6.45, 7) is 0. The maximum atomic E-state index is 12.5. The Morgan fingerprint density at radius 2 is 1.65 bits per heavy atom. The van der Waals surface area contributed by atoms with Crippen LogP contribution in [0, 0.1) is 0 Å². The zero-order valence-electron chi connectivity index (χ0n) is 10.9. The van der Waals surface area contributed by atoms with Crippen molar-refractivity contribution < 1.29 is 4.79 Å². The Kier molecular flexibility index (Phi) is 3.26. The third-order valence-corrected chi connectivity index (χ3v) is 4.28. The number of amides is 1. The van der Waals surface area contributed by atoms with Crippen LogP contribution in [0.25, 0.3) is 0 Å². The quantitative estimate of drug-likeness (QED) is 0.843. The molecule has 0 heterocycles. The Hall–Kier alpha value is -1.81. The van der Waals surface area contributed by atoms with Crippen LogP contribution >= 0.6 is 15.9 Å². The molecule has 0 saturated heterocycles. The van der Waals surface area contributed by atoms with Crippen LogP contribution in [0.5, 0.6) is 0 Å². The second-order valence-corrected chi connectivity index (χ2v) is 6.08. The maximum absolute atomic E-state index is 12.5. The van der Waals surface area contributed by atoms with Crippen molar-refractivity contribution in [3.05, 3.63) is 58.6 Å². The van der Waals surface area contributed by atoms with Crippen molar-refractivity contribution in [3.63, 3.8) is 0 Å². The minimum atomic E-state index is -0.374. The summed E-state index contributed by atoms with van der Waals surface area (Å²) < 4.78 is 0.996. The lowest BCUT2D eigenvalue weighted by Gasteiger charge is -2.16. The number of hydrogen-bond donors (Lipinski definition) is 2. The Balaban J connectivity index is 1.79. The number of nitrogens with one attached hydrogen (secondary N) is 1. The lowest BCUT2D eigenvalue weighted by Crippen LogP contribution is -2.27. The molecule has 1 amide bonds. The number of carbonyl (C=O) groups is 1. The fraction of sp³-hybridized carbons (Fsp3) is 0.188. The normalized spacial score (nSPS) is 15.7. The molecule has 1 fully saturated rings. The molecule has 3 nitrogen and oxygen atoms in total. The molecule has 20 heavy (non-hydrogen) atoms. The monoisotopic (exact) mass is 330 g/mol. The summed E-state index contributed by atoms with van der Waals surface area (Å²) in [6, 6.07) is 15.2. The molecular formula is C16H15BrN2O. The highest BCUT2D eigenvalue weighted by molar-refractivity contribution is 9.10. The van der Waals surface area contributed by atoms with Crippen LogP contribution in [0.15, 0.2) is 53.0 Å². The van der Waals surface area contributed by atoms with E-state index in [1.54, 1.807) is 0 Å². The molecule has 3 rings (SSSR count). The highest BCUT2D eigenvalue weighted by Gasteiger charge is 2.51. The van der Waals surface area contributed by atoms with E-state index in [9.17, 15) is 4.79 Å². The van der Waals surface area contributed by atoms with Crippen LogP contribution < -0.4 is 11.1 Å². The van der Waals surface area contributed by atoms with Gasteiger partial charge in [0.2, 0.25) is 5.91 Å². The molecule has 1 saturated carbocycles. The van der Waals surface area contributed by atoms with Gasteiger partial charge in [-0.1, -0.05) is 28.1 Å². The van der Waals surface area contributed by atoms with Crippen molar-refractivity contribution in [2.45, 2.75) is 18.3 Å². The van der Waals surface area contributed by atoms with Crippen LogP contribution in [0.1, 0.15) is 18.4 Å². The van der Waals surface area contributed by atoms with Crippen LogP contribution in [0.2, 0.25) is 0 Å². The van der Waals surface area contributed by atoms with Gasteiger partial charge in [0.05, 0.1) is 5.41 Å². The average molecular weight is 331 g/mol. The first-order valence-corrected chi connectivity index (χ1v) is 7.32. The van der Waals surface area contributed by atoms with Gasteiger partial charge in [0.25, 0.3) is 0 Å². The van der Waals surface area contributed by atoms with E-state index in [2.05, 4.69) is 21.2 Å². The highest BCUT2D eigenvalue weighted by Crippen LogP contribution is 2.49. The van der Waals surface area contributed by atoms with E-state index in [1.807, 2.05) is 48.5 Å². The largest absolute Gasteiger partial charge is 0.399 e. The molecule has 0 atom stereocenters. The SMILES string of the molecule is Nc1ccc(C2(C(=O)Nc3ccc(Br)cc3)CC2)cc1. The smallest absolute Gasteiger partial charge is 0.235 e. The van der Waals surface area contributed by atoms with E-state index >= 15 is 0 Å². The molecule has 102 valence electrons. The Labute approximate surface area is 126 Å². The third-order valence-electron chi connectivity index (χ3n) is 3.75. The summed E-state index contributed by atoms with van der Waals surface area (Å²) >= 11 is 3.38. The number of carbonyl (C=O) groups excluding carboxylic acids is 1. The van der Waals surface area contributed by atoms with E-state index < -0.39 is 0 Å². The van der Waals surface area contributed by atoms with Crippen molar-refractivity contribution in [1.29, 1.82) is 0 Å². The molecule has 2 aromatic rings. The minimum Gasteiger partial charge on any atom is -0.399 e. The number of nitrogens with two attached hydrogens (primary N) is 1. The molecule has 0 spiro atoms. The number of hydrogen-bond acceptors (Lipinski definition) is 2. The first-order chi connectivity index (χ1) is 9.60. The van der Waals surface area contributed by atoms with Gasteiger partial charge in [0, 0.05) is 15.8 Å². The van der Waals surface area contributed by atoms with E-state index in [4.69, 9.17) is 5.73 Å². The van der Waals surface area contributed by atoms with E-state index in [-0.39, 0.29) is 11.3 Å². The zero-order valence-corrected chi connectivity index (χ0v) is 12.5. The van der Waals surface area contributed by atoms with E-state index in [0.29, 0.717) is 0 Å². The summed E-state index contributed by atoms with van der Waals surface area (Å²) in [4.78, 5) is 12.5. The van der Waals surface area contributed by atoms with Crippen molar-refractivity contribution in [3.8, 4) is 0 Å². The third kappa shape index (κ3) is 2.43. The summed E-state index contributed by atoms with van der Waals surface area (Å²) in [5, 5.41) is 2.99. The summed E-state index contributed by atoms with van der Waals surface area (Å²) in [6.07, 6.45) is 1.78. The van der Waals surface area contributed by atoms with Crippen LogP contribution in [-0.4, -0.2) is 5.91 Å². The van der Waals surface area contributed by atoms with E-state index in [1.165, 1.54) is 0 Å². The Bertz CT molecular complexity index is 631. The maximum Gasteiger partial charge on any atom is 0.235 e. The molecule has 0 unspecified atom stereocenters. The molecule has 1 aliphatic rings. The average Bonchev–Trinajstić information content (AvgIpc) is 3.24. The molecular weight excluding hydrogens is 316 g/mol. The topological polar surface area (TPSA) is 55.1 Å². The first kappa shape index (κ1) is 13.2. The van der Waals surface area contributed by atoms with Gasteiger partial charge in [-0.05, 0) is 54.8 Å². The molecule has 0 radical (unpaired) electrons. The van der Waals surface area contributed by atoms with Crippen LogP contribution in [-0.2, 0) is 10.2 Å². The Morgan fingerprint density at radius 3 is 2.20 bits per heavy atom. The molecule has 2 aromatic carbocycles. The number of nitrogen functional groups attached to an aromatic ring is 1. The second kappa shape index (κ2) is 4.94. The molecule has 3 N–H and O–H groups in total. The fourth-order valence-corrected chi connectivity index (χ4v) is 2.62. The van der Waals surface area contributed by atoms with Crippen molar-refractivity contribution in [1.82, 2.24) is 0 Å². The van der Waals surface area contributed by atoms with Gasteiger partial charge in [-0.3, -0.25) is 4.79 Å². The van der Waals surface area contributed by atoms with Crippen molar-refractivity contribution in [2.24, 2.45) is 0 Å². The first-order valence-electron chi connectivity index (χ1n) is 6.53. The fourth-order valence-electron chi connectivity index (χ4n) is 2.36. The lowest BCUT2D eigenvalue weighted by atomic mass is 9.94. The second-order valence-electron chi connectivity index (χ2n) is 5.17. The summed E-state index contributed by atoms with van der Waals surface area (Å²) in [5.74, 6) is 0.0598. The number of anilines is 2. The summed E-state index contributed by atoms with van der Waals surface area (Å²) in [7, 11) is 0. The van der Waals surface area contributed by atoms with Gasteiger partial charge in [-0.25, -0.2) is 0 Å². The molecule has 0 bridgehead atoms. The van der Waals surface area contributed by atoms with Gasteiger partial charge >= 0.3 is 0 Å². The van der Waals surface area contributed by atoms with E-state index in [0.717, 1.165) is 34.3 Å². The zero-order chi connectivity index (χ0) is 14.2. The molecule has 1 aliphatic carbocycles. The minimum absolute atomic E-state index is 0.0598. The number of halogens is 1. The van der Waals surface area contributed by atoms with Gasteiger partial charge in [-0.2, -0.15) is 0 Å². The lowest BCUT2D eigenvalue weighted by molar-refractivity contribution is -0.118. The van der Waals surface area contributed by atoms with Gasteiger partial charge < -0.3 is 11.1 Å². The summed E-state index contributed by atoms with van der Waals surface area (Å²) in [5.41, 5.74) is 7.91. The van der Waals surface area contributed by atoms with Crippen molar-refractivity contribution >= 4 is 33.2 Å². The van der Waals surface area contributed by atoms with Crippen LogP contribution in [0.3, 0.4) is 0 Å². The predicted octanol–water partition coefficient (Wildman–Crippen LogP) is 3.70. The Morgan fingerprint density at radius 1 is 1.05 bits per heavy atom. The molecule has 0 aliphatic heterocycles. The number of rotatable bonds is 3. The van der Waals surface area contributed by atoms with Gasteiger partial charge in [-0.15, -0.1) is 0 Å². The molecule has 0 aromatic heterocycles. The predicted molar refractivity (Wildman–Crippen MR) is 84.5 cm³/mol. The van der Waals surface area contributed by atoms with Crippen molar-refractivity contribution in [2.75, 3.05) is 11.1 Å². The standard InChI is InChI=1S/C16H15BrN2O/c17-12-3-7-14(8-4-12)19-15(20)16(9-10-16)11-1-5-13(18)6-2-11/h1-8H,9-10,18H2,(H,19,20). The molecule has 4 heteroatoms. The number of benzene rings is 2.